The minimum absolute atomic E-state index is 0.0384. The van der Waals surface area contributed by atoms with Gasteiger partial charge in [-0.05, 0) is 55.8 Å². The van der Waals surface area contributed by atoms with Crippen LogP contribution in [0.5, 0.6) is 11.5 Å². The molecular weight excluding hydrogens is 423 g/mol. The molecule has 2 fully saturated rings. The molecule has 1 unspecified atom stereocenters. The van der Waals surface area contributed by atoms with E-state index in [9.17, 15) is 9.50 Å². The summed E-state index contributed by atoms with van der Waals surface area (Å²) in [7, 11) is 0. The lowest BCUT2D eigenvalue weighted by Crippen LogP contribution is -2.48. The van der Waals surface area contributed by atoms with E-state index in [1.807, 2.05) is 12.1 Å². The Morgan fingerprint density at radius 1 is 0.939 bits per heavy atom. The van der Waals surface area contributed by atoms with E-state index in [0.717, 1.165) is 24.4 Å². The van der Waals surface area contributed by atoms with Crippen LogP contribution < -0.4 is 9.47 Å². The molecule has 2 aliphatic rings. The first-order valence-corrected chi connectivity index (χ1v) is 11.9. The van der Waals surface area contributed by atoms with Crippen LogP contribution in [-0.4, -0.2) is 79.7 Å². The Morgan fingerprint density at radius 2 is 1.76 bits per heavy atom. The number of piperidine rings is 1. The zero-order valence-electron chi connectivity index (χ0n) is 19.3. The topological polar surface area (TPSA) is 54.4 Å². The number of hydrogen-bond acceptors (Lipinski definition) is 6. The van der Waals surface area contributed by atoms with Crippen LogP contribution in [0.1, 0.15) is 24.8 Å². The van der Waals surface area contributed by atoms with Gasteiger partial charge in [0.15, 0.2) is 0 Å². The monoisotopic (exact) mass is 458 g/mol. The Balaban J connectivity index is 1.25. The molecule has 2 heterocycles. The molecule has 0 spiro atoms. The summed E-state index contributed by atoms with van der Waals surface area (Å²) in [5.41, 5.74) is -0.0194. The fourth-order valence-electron chi connectivity index (χ4n) is 4.42. The van der Waals surface area contributed by atoms with Crippen molar-refractivity contribution in [1.82, 2.24) is 9.80 Å². The Labute approximate surface area is 195 Å². The summed E-state index contributed by atoms with van der Waals surface area (Å²) in [5, 5.41) is 11.1. The Hall–Kier alpha value is -2.19. The number of ether oxygens (including phenoxy) is 3. The Morgan fingerprint density at radius 3 is 2.55 bits per heavy atom. The van der Waals surface area contributed by atoms with Gasteiger partial charge in [0.25, 0.3) is 0 Å². The van der Waals surface area contributed by atoms with Gasteiger partial charge in [0.2, 0.25) is 0 Å². The smallest absolute Gasteiger partial charge is 0.134 e. The first-order valence-electron chi connectivity index (χ1n) is 11.9. The quantitative estimate of drug-likeness (QED) is 0.622. The minimum atomic E-state index is -1.17. The highest BCUT2D eigenvalue weighted by molar-refractivity contribution is 5.27. The third-order valence-corrected chi connectivity index (χ3v) is 6.20. The second kappa shape index (κ2) is 11.8. The molecule has 7 heteroatoms. The van der Waals surface area contributed by atoms with Gasteiger partial charge in [-0.15, -0.1) is 0 Å². The van der Waals surface area contributed by atoms with Crippen LogP contribution in [0.2, 0.25) is 0 Å². The van der Waals surface area contributed by atoms with E-state index in [0.29, 0.717) is 32.1 Å². The molecule has 0 radical (unpaired) electrons. The third kappa shape index (κ3) is 7.67. The normalized spacial score (nSPS) is 22.6. The van der Waals surface area contributed by atoms with Crippen molar-refractivity contribution in [2.24, 2.45) is 0 Å². The lowest BCUT2D eigenvalue weighted by Gasteiger charge is -2.30. The van der Waals surface area contributed by atoms with Crippen molar-refractivity contribution < 1.29 is 23.7 Å². The third-order valence-electron chi connectivity index (χ3n) is 6.20. The van der Waals surface area contributed by atoms with E-state index in [1.54, 1.807) is 12.1 Å². The molecule has 2 aliphatic heterocycles. The van der Waals surface area contributed by atoms with Gasteiger partial charge in [-0.2, -0.15) is 0 Å². The van der Waals surface area contributed by atoms with Crippen molar-refractivity contribution in [3.63, 3.8) is 0 Å². The number of hydrogen-bond donors (Lipinski definition) is 1. The number of rotatable bonds is 9. The van der Waals surface area contributed by atoms with Crippen molar-refractivity contribution in [2.75, 3.05) is 59.2 Å². The van der Waals surface area contributed by atoms with Crippen molar-refractivity contribution in [3.05, 3.63) is 59.9 Å². The highest BCUT2D eigenvalue weighted by atomic mass is 19.1. The Bertz CT molecular complexity index is 860. The fourth-order valence-corrected chi connectivity index (χ4v) is 4.42. The first kappa shape index (κ1) is 24.0. The molecule has 2 aromatic rings. The molecule has 0 aromatic heterocycles. The first-order chi connectivity index (χ1) is 16.1. The second-order valence-corrected chi connectivity index (χ2v) is 9.13. The highest BCUT2D eigenvalue weighted by Crippen LogP contribution is 2.20. The number of aliphatic hydroxyl groups is 1. The number of nitrogens with zero attached hydrogens (tertiary/aromatic N) is 2. The lowest BCUT2D eigenvalue weighted by atomic mass is 10.1. The fraction of sp³-hybridized carbons (Fsp3) is 0.538. The van der Waals surface area contributed by atoms with Crippen LogP contribution in [0.3, 0.4) is 0 Å². The molecule has 1 N–H and O–H groups in total. The van der Waals surface area contributed by atoms with Crippen molar-refractivity contribution in [2.45, 2.75) is 31.4 Å². The molecule has 33 heavy (non-hydrogen) atoms. The Kier molecular flexibility index (Phi) is 8.56. The van der Waals surface area contributed by atoms with Gasteiger partial charge in [-0.1, -0.05) is 24.6 Å². The zero-order valence-corrected chi connectivity index (χ0v) is 19.3. The van der Waals surface area contributed by atoms with Gasteiger partial charge >= 0.3 is 0 Å². The molecule has 4 rings (SSSR count). The summed E-state index contributed by atoms with van der Waals surface area (Å²) in [6.07, 6.45) is 3.93. The largest absolute Gasteiger partial charge is 0.492 e. The van der Waals surface area contributed by atoms with Gasteiger partial charge in [0.1, 0.15) is 36.1 Å². The summed E-state index contributed by atoms with van der Waals surface area (Å²) in [5.74, 6) is 0.919. The van der Waals surface area contributed by atoms with Gasteiger partial charge in [0, 0.05) is 32.2 Å². The van der Waals surface area contributed by atoms with Crippen molar-refractivity contribution >= 4 is 0 Å². The van der Waals surface area contributed by atoms with Gasteiger partial charge in [-0.3, -0.25) is 9.80 Å². The summed E-state index contributed by atoms with van der Waals surface area (Å²) in [6.45, 7) is 6.64. The molecule has 0 saturated carbocycles. The predicted octanol–water partition coefficient (Wildman–Crippen LogP) is 3.33. The molecule has 0 amide bonds. The number of likely N-dealkylation sites (tertiary alicyclic amines) is 1. The number of halogens is 1. The van der Waals surface area contributed by atoms with E-state index in [2.05, 4.69) is 21.9 Å². The molecule has 0 bridgehead atoms. The average Bonchev–Trinajstić information content (AvgIpc) is 3.01. The van der Waals surface area contributed by atoms with Crippen LogP contribution in [0.15, 0.2) is 48.5 Å². The standard InChI is InChI=1S/C26H35FN2O4/c27-23-5-4-6-25(17-23)33-21-26(30)19-29(13-15-31-20-26)18-22-7-9-24(10-8-22)32-16-14-28-11-2-1-3-12-28/h4-10,17,30H,1-3,11-16,18-21H2. The van der Waals surface area contributed by atoms with E-state index in [1.165, 1.54) is 44.5 Å². The zero-order chi connectivity index (χ0) is 22.9. The lowest BCUT2D eigenvalue weighted by molar-refractivity contribution is -0.0647. The molecule has 2 saturated heterocycles. The van der Waals surface area contributed by atoms with E-state index in [4.69, 9.17) is 14.2 Å². The SMILES string of the molecule is OC1(COc2cccc(F)c2)COCCN(Cc2ccc(OCCN3CCCCC3)cc2)C1. The van der Waals surface area contributed by atoms with Crippen molar-refractivity contribution in [3.8, 4) is 11.5 Å². The average molecular weight is 459 g/mol. The molecule has 1 atom stereocenters. The van der Waals surface area contributed by atoms with Gasteiger partial charge in [-0.25, -0.2) is 4.39 Å². The van der Waals surface area contributed by atoms with Crippen LogP contribution in [0.25, 0.3) is 0 Å². The van der Waals surface area contributed by atoms with E-state index in [-0.39, 0.29) is 19.0 Å². The van der Waals surface area contributed by atoms with Crippen LogP contribution in [0.4, 0.5) is 4.39 Å². The van der Waals surface area contributed by atoms with Crippen LogP contribution in [0, 0.1) is 5.82 Å². The second-order valence-electron chi connectivity index (χ2n) is 9.13. The maximum atomic E-state index is 13.4. The minimum Gasteiger partial charge on any atom is -0.492 e. The number of β-amino-alcohol motifs (C(OH)–C–C–N with tert-alkyl or cyclic N) is 1. The molecule has 2 aromatic carbocycles. The highest BCUT2D eigenvalue weighted by Gasteiger charge is 2.33. The van der Waals surface area contributed by atoms with E-state index < -0.39 is 5.60 Å². The molecule has 0 aliphatic carbocycles. The van der Waals surface area contributed by atoms with Gasteiger partial charge in [0.05, 0.1) is 13.2 Å². The summed E-state index contributed by atoms with van der Waals surface area (Å²) in [6, 6.07) is 14.1. The summed E-state index contributed by atoms with van der Waals surface area (Å²) in [4.78, 5) is 4.63. The maximum absolute atomic E-state index is 13.4. The summed E-state index contributed by atoms with van der Waals surface area (Å²) >= 11 is 0. The molecular formula is C26H35FN2O4. The molecule has 180 valence electrons. The maximum Gasteiger partial charge on any atom is 0.134 e. The van der Waals surface area contributed by atoms with Crippen LogP contribution in [-0.2, 0) is 11.3 Å². The van der Waals surface area contributed by atoms with E-state index >= 15 is 0 Å². The van der Waals surface area contributed by atoms with Gasteiger partial charge < -0.3 is 19.3 Å². The summed E-state index contributed by atoms with van der Waals surface area (Å²) < 4.78 is 30.6. The number of benzene rings is 2. The van der Waals surface area contributed by atoms with Crippen LogP contribution >= 0.6 is 0 Å². The molecule has 6 nitrogen and oxygen atoms in total. The predicted molar refractivity (Wildman–Crippen MR) is 125 cm³/mol. The van der Waals surface area contributed by atoms with Crippen molar-refractivity contribution in [1.29, 1.82) is 0 Å².